The molecule has 2 N–H and O–H groups in total. The van der Waals surface area contributed by atoms with Crippen LogP contribution in [-0.2, 0) is 12.8 Å². The summed E-state index contributed by atoms with van der Waals surface area (Å²) in [5.74, 6) is 1.34. The maximum atomic E-state index is 5.87. The van der Waals surface area contributed by atoms with Crippen LogP contribution in [0.3, 0.4) is 0 Å². The van der Waals surface area contributed by atoms with Crippen LogP contribution in [0, 0.1) is 0 Å². The Hall–Kier alpha value is -2.14. The van der Waals surface area contributed by atoms with Gasteiger partial charge in [0.05, 0.1) is 5.39 Å². The highest BCUT2D eigenvalue weighted by Gasteiger charge is 2.18. The molecule has 4 nitrogen and oxygen atoms in total. The predicted octanol–water partition coefficient (Wildman–Crippen LogP) is 2.88. The van der Waals surface area contributed by atoms with Crippen molar-refractivity contribution < 1.29 is 0 Å². The average Bonchev–Trinajstić information content (AvgIpc) is 2.85. The molecule has 0 saturated heterocycles. The molecule has 0 radical (unpaired) electrons. The van der Waals surface area contributed by atoms with E-state index in [-0.39, 0.29) is 0 Å². The van der Waals surface area contributed by atoms with Crippen LogP contribution >= 0.6 is 11.3 Å². The van der Waals surface area contributed by atoms with Gasteiger partial charge in [0.25, 0.3) is 0 Å². The van der Waals surface area contributed by atoms with Crippen LogP contribution in [0.2, 0.25) is 0 Å². The lowest BCUT2D eigenvalue weighted by atomic mass is 10.0. The fourth-order valence-corrected chi connectivity index (χ4v) is 3.74. The monoisotopic (exact) mass is 296 g/mol. The van der Waals surface area contributed by atoms with Gasteiger partial charge in [-0.1, -0.05) is 24.3 Å². The summed E-state index contributed by atoms with van der Waals surface area (Å²) in [5.41, 5.74) is 8.77. The summed E-state index contributed by atoms with van der Waals surface area (Å²) in [6.45, 7) is 1.94. The number of nitrogen functional groups attached to an aromatic ring is 1. The van der Waals surface area contributed by atoms with Gasteiger partial charge in [-0.25, -0.2) is 4.98 Å². The molecule has 1 aliphatic rings. The highest BCUT2D eigenvalue weighted by molar-refractivity contribution is 7.16. The Morgan fingerprint density at radius 3 is 2.43 bits per heavy atom. The zero-order valence-electron chi connectivity index (χ0n) is 11.6. The number of fused-ring (bicyclic) bond motifs is 2. The van der Waals surface area contributed by atoms with Gasteiger partial charge in [-0.05, 0) is 35.4 Å². The summed E-state index contributed by atoms with van der Waals surface area (Å²) >= 11 is 1.61. The van der Waals surface area contributed by atoms with Crippen LogP contribution in [-0.4, -0.2) is 23.1 Å². The molecule has 0 amide bonds. The van der Waals surface area contributed by atoms with Crippen molar-refractivity contribution in [3.05, 3.63) is 46.8 Å². The van der Waals surface area contributed by atoms with E-state index in [9.17, 15) is 0 Å². The summed E-state index contributed by atoms with van der Waals surface area (Å²) in [7, 11) is 0. The van der Waals surface area contributed by atoms with Gasteiger partial charge in [-0.3, -0.25) is 0 Å². The third-order valence-electron chi connectivity index (χ3n) is 4.04. The second-order valence-electron chi connectivity index (χ2n) is 5.30. The SMILES string of the molecule is Nc1nc(N2CCc3ccccc3CC2)c2ccsc2n1. The summed E-state index contributed by atoms with van der Waals surface area (Å²) in [4.78, 5) is 12.1. The van der Waals surface area contributed by atoms with Crippen molar-refractivity contribution in [2.24, 2.45) is 0 Å². The van der Waals surface area contributed by atoms with E-state index in [0.29, 0.717) is 5.95 Å². The fourth-order valence-electron chi connectivity index (χ4n) is 2.98. The van der Waals surface area contributed by atoms with E-state index < -0.39 is 0 Å². The Balaban J connectivity index is 1.72. The Morgan fingerprint density at radius 1 is 1.00 bits per heavy atom. The molecule has 106 valence electrons. The van der Waals surface area contributed by atoms with Crippen molar-refractivity contribution >= 4 is 33.3 Å². The minimum atomic E-state index is 0.363. The molecule has 0 atom stereocenters. The molecule has 1 aromatic carbocycles. The lowest BCUT2D eigenvalue weighted by Gasteiger charge is -2.22. The third kappa shape index (κ3) is 2.23. The molecule has 3 heterocycles. The lowest BCUT2D eigenvalue weighted by Crippen LogP contribution is -2.27. The van der Waals surface area contributed by atoms with Crippen LogP contribution in [0.25, 0.3) is 10.2 Å². The maximum Gasteiger partial charge on any atom is 0.223 e. The lowest BCUT2D eigenvalue weighted by molar-refractivity contribution is 0.794. The van der Waals surface area contributed by atoms with Crippen molar-refractivity contribution in [3.8, 4) is 0 Å². The normalized spacial score (nSPS) is 15.0. The van der Waals surface area contributed by atoms with E-state index >= 15 is 0 Å². The molecule has 3 aromatic rings. The number of hydrogen-bond acceptors (Lipinski definition) is 5. The van der Waals surface area contributed by atoms with Gasteiger partial charge in [0.2, 0.25) is 5.95 Å². The highest BCUT2D eigenvalue weighted by Crippen LogP contribution is 2.30. The molecule has 4 rings (SSSR count). The predicted molar refractivity (Wildman–Crippen MR) is 87.9 cm³/mol. The second-order valence-corrected chi connectivity index (χ2v) is 6.20. The number of thiophene rings is 1. The van der Waals surface area contributed by atoms with Gasteiger partial charge in [-0.2, -0.15) is 4.98 Å². The van der Waals surface area contributed by atoms with Crippen molar-refractivity contribution in [1.82, 2.24) is 9.97 Å². The largest absolute Gasteiger partial charge is 0.368 e. The fraction of sp³-hybridized carbons (Fsp3) is 0.250. The van der Waals surface area contributed by atoms with E-state index in [0.717, 1.165) is 42.0 Å². The van der Waals surface area contributed by atoms with E-state index in [4.69, 9.17) is 5.73 Å². The van der Waals surface area contributed by atoms with Crippen LogP contribution in [0.1, 0.15) is 11.1 Å². The molecule has 0 bridgehead atoms. The molecule has 0 aliphatic carbocycles. The Morgan fingerprint density at radius 2 is 1.71 bits per heavy atom. The number of rotatable bonds is 1. The van der Waals surface area contributed by atoms with Crippen molar-refractivity contribution in [2.45, 2.75) is 12.8 Å². The van der Waals surface area contributed by atoms with Crippen LogP contribution in [0.4, 0.5) is 11.8 Å². The molecule has 0 saturated carbocycles. The molecule has 2 aromatic heterocycles. The van der Waals surface area contributed by atoms with E-state index in [1.54, 1.807) is 11.3 Å². The van der Waals surface area contributed by atoms with Gasteiger partial charge in [0, 0.05) is 13.1 Å². The Bertz CT molecular complexity index is 769. The topological polar surface area (TPSA) is 55.0 Å². The first kappa shape index (κ1) is 12.6. The average molecular weight is 296 g/mol. The first-order valence-electron chi connectivity index (χ1n) is 7.14. The first-order valence-corrected chi connectivity index (χ1v) is 8.02. The number of aromatic nitrogens is 2. The van der Waals surface area contributed by atoms with Gasteiger partial charge in [-0.15, -0.1) is 11.3 Å². The van der Waals surface area contributed by atoms with Crippen molar-refractivity contribution in [2.75, 3.05) is 23.7 Å². The number of anilines is 2. The first-order chi connectivity index (χ1) is 10.3. The quantitative estimate of drug-likeness (QED) is 0.750. The Kier molecular flexibility index (Phi) is 3.00. The number of nitrogens with zero attached hydrogens (tertiary/aromatic N) is 3. The van der Waals surface area contributed by atoms with Gasteiger partial charge in [0.1, 0.15) is 10.6 Å². The van der Waals surface area contributed by atoms with E-state index in [1.807, 2.05) is 0 Å². The molecule has 0 fully saturated rings. The molecule has 0 unspecified atom stereocenters. The van der Waals surface area contributed by atoms with Crippen molar-refractivity contribution in [1.29, 1.82) is 0 Å². The molecular formula is C16H16N4S. The van der Waals surface area contributed by atoms with E-state index in [1.165, 1.54) is 11.1 Å². The zero-order chi connectivity index (χ0) is 14.2. The highest BCUT2D eigenvalue weighted by atomic mass is 32.1. The summed E-state index contributed by atoms with van der Waals surface area (Å²) in [5, 5.41) is 3.16. The van der Waals surface area contributed by atoms with Gasteiger partial charge >= 0.3 is 0 Å². The smallest absolute Gasteiger partial charge is 0.223 e. The Labute approximate surface area is 127 Å². The minimum absolute atomic E-state index is 0.363. The summed E-state index contributed by atoms with van der Waals surface area (Å²) in [6.07, 6.45) is 2.09. The van der Waals surface area contributed by atoms with Crippen molar-refractivity contribution in [3.63, 3.8) is 0 Å². The van der Waals surface area contributed by atoms with E-state index in [2.05, 4.69) is 50.6 Å². The van der Waals surface area contributed by atoms with Crippen LogP contribution < -0.4 is 10.6 Å². The van der Waals surface area contributed by atoms with Crippen LogP contribution in [0.5, 0.6) is 0 Å². The zero-order valence-corrected chi connectivity index (χ0v) is 12.4. The third-order valence-corrected chi connectivity index (χ3v) is 4.85. The number of hydrogen-bond donors (Lipinski definition) is 1. The molecule has 1 aliphatic heterocycles. The molecular weight excluding hydrogens is 280 g/mol. The summed E-state index contributed by atoms with van der Waals surface area (Å²) in [6, 6.07) is 10.8. The molecule has 0 spiro atoms. The number of nitrogens with two attached hydrogens (primary N) is 1. The van der Waals surface area contributed by atoms with Crippen LogP contribution in [0.15, 0.2) is 35.7 Å². The minimum Gasteiger partial charge on any atom is -0.368 e. The van der Waals surface area contributed by atoms with Gasteiger partial charge < -0.3 is 10.6 Å². The number of benzene rings is 1. The standard InChI is InChI=1S/C16H16N4S/c17-16-18-14(13-7-10-21-15(13)19-16)20-8-5-11-3-1-2-4-12(11)6-9-20/h1-4,7,10H,5-6,8-9H2,(H2,17,18,19). The van der Waals surface area contributed by atoms with Gasteiger partial charge in [0.15, 0.2) is 0 Å². The molecule has 5 heteroatoms. The molecule has 21 heavy (non-hydrogen) atoms. The second kappa shape index (κ2) is 5.00. The summed E-state index contributed by atoms with van der Waals surface area (Å²) < 4.78 is 0. The maximum absolute atomic E-state index is 5.87.